The molecule has 1 aromatic rings. The zero-order valence-electron chi connectivity index (χ0n) is 12.3. The minimum atomic E-state index is -0.143. The second kappa shape index (κ2) is 7.79. The van der Waals surface area contributed by atoms with Gasteiger partial charge in [-0.2, -0.15) is 0 Å². The SMILES string of the molecule is CCCC(C)NC(=O)Nc1ccc(C(C)NC)cc1. The van der Waals surface area contributed by atoms with Crippen molar-refractivity contribution in [1.29, 1.82) is 0 Å². The maximum Gasteiger partial charge on any atom is 0.319 e. The van der Waals surface area contributed by atoms with Crippen LogP contribution in [0.1, 0.15) is 45.2 Å². The molecule has 0 saturated carbocycles. The fourth-order valence-electron chi connectivity index (χ4n) is 1.92. The van der Waals surface area contributed by atoms with Crippen molar-refractivity contribution in [1.82, 2.24) is 10.6 Å². The van der Waals surface area contributed by atoms with Gasteiger partial charge in [0, 0.05) is 17.8 Å². The van der Waals surface area contributed by atoms with Crippen LogP contribution in [0.15, 0.2) is 24.3 Å². The van der Waals surface area contributed by atoms with E-state index in [1.807, 2.05) is 38.2 Å². The third kappa shape index (κ3) is 5.30. The predicted molar refractivity (Wildman–Crippen MR) is 80.4 cm³/mol. The van der Waals surface area contributed by atoms with Crippen molar-refractivity contribution in [3.63, 3.8) is 0 Å². The minimum absolute atomic E-state index is 0.143. The third-order valence-corrected chi connectivity index (χ3v) is 3.20. The van der Waals surface area contributed by atoms with Crippen LogP contribution < -0.4 is 16.0 Å². The van der Waals surface area contributed by atoms with Crippen LogP contribution in [0.3, 0.4) is 0 Å². The summed E-state index contributed by atoms with van der Waals surface area (Å²) >= 11 is 0. The van der Waals surface area contributed by atoms with Crippen LogP contribution in [0.5, 0.6) is 0 Å². The van der Waals surface area contributed by atoms with Crippen molar-refractivity contribution in [2.75, 3.05) is 12.4 Å². The number of carbonyl (C=O) groups is 1. The highest BCUT2D eigenvalue weighted by molar-refractivity contribution is 5.89. The lowest BCUT2D eigenvalue weighted by atomic mass is 10.1. The first-order chi connectivity index (χ1) is 9.06. The van der Waals surface area contributed by atoms with Gasteiger partial charge in [-0.05, 0) is 45.0 Å². The van der Waals surface area contributed by atoms with Gasteiger partial charge in [-0.25, -0.2) is 4.79 Å². The van der Waals surface area contributed by atoms with Gasteiger partial charge in [-0.15, -0.1) is 0 Å². The summed E-state index contributed by atoms with van der Waals surface area (Å²) in [6.07, 6.45) is 2.06. The van der Waals surface area contributed by atoms with E-state index in [0.29, 0.717) is 6.04 Å². The summed E-state index contributed by atoms with van der Waals surface area (Å²) < 4.78 is 0. The Kier molecular flexibility index (Phi) is 6.36. The van der Waals surface area contributed by atoms with E-state index < -0.39 is 0 Å². The van der Waals surface area contributed by atoms with Crippen LogP contribution in [-0.4, -0.2) is 19.1 Å². The summed E-state index contributed by atoms with van der Waals surface area (Å²) in [5.41, 5.74) is 2.01. The Morgan fingerprint density at radius 2 is 1.84 bits per heavy atom. The number of anilines is 1. The molecule has 2 atom stereocenters. The summed E-state index contributed by atoms with van der Waals surface area (Å²) in [7, 11) is 1.93. The van der Waals surface area contributed by atoms with Gasteiger partial charge in [0.05, 0.1) is 0 Å². The van der Waals surface area contributed by atoms with E-state index >= 15 is 0 Å². The molecule has 2 amide bonds. The Morgan fingerprint density at radius 1 is 1.21 bits per heavy atom. The molecule has 0 aliphatic heterocycles. The lowest BCUT2D eigenvalue weighted by Gasteiger charge is -2.14. The summed E-state index contributed by atoms with van der Waals surface area (Å²) in [6, 6.07) is 8.26. The molecular formula is C15H25N3O. The molecule has 4 heteroatoms. The fraction of sp³-hybridized carbons (Fsp3) is 0.533. The van der Waals surface area contributed by atoms with Crippen LogP contribution in [0.2, 0.25) is 0 Å². The number of rotatable bonds is 6. The summed E-state index contributed by atoms with van der Waals surface area (Å²) in [5, 5.41) is 8.94. The zero-order chi connectivity index (χ0) is 14.3. The first kappa shape index (κ1) is 15.5. The van der Waals surface area contributed by atoms with E-state index in [-0.39, 0.29) is 12.1 Å². The topological polar surface area (TPSA) is 53.2 Å². The molecule has 106 valence electrons. The molecule has 3 N–H and O–H groups in total. The second-order valence-corrected chi connectivity index (χ2v) is 4.92. The van der Waals surface area contributed by atoms with Crippen LogP contribution in [0.4, 0.5) is 10.5 Å². The van der Waals surface area contributed by atoms with E-state index in [1.54, 1.807) is 0 Å². The normalized spacial score (nSPS) is 13.7. The minimum Gasteiger partial charge on any atom is -0.335 e. The van der Waals surface area contributed by atoms with Crippen molar-refractivity contribution in [3.05, 3.63) is 29.8 Å². The molecule has 0 aliphatic rings. The summed E-state index contributed by atoms with van der Waals surface area (Å²) in [5.74, 6) is 0. The Hall–Kier alpha value is -1.55. The van der Waals surface area contributed by atoms with Gasteiger partial charge in [0.1, 0.15) is 0 Å². The molecule has 19 heavy (non-hydrogen) atoms. The Labute approximate surface area is 116 Å². The average Bonchev–Trinajstić information content (AvgIpc) is 2.38. The molecule has 4 nitrogen and oxygen atoms in total. The molecular weight excluding hydrogens is 238 g/mol. The molecule has 2 unspecified atom stereocenters. The highest BCUT2D eigenvalue weighted by atomic mass is 16.2. The van der Waals surface area contributed by atoms with Gasteiger partial charge in [0.2, 0.25) is 0 Å². The molecule has 1 aromatic carbocycles. The van der Waals surface area contributed by atoms with Gasteiger partial charge >= 0.3 is 6.03 Å². The lowest BCUT2D eigenvalue weighted by Crippen LogP contribution is -2.35. The number of carbonyl (C=O) groups excluding carboxylic acids is 1. The van der Waals surface area contributed by atoms with E-state index in [9.17, 15) is 4.79 Å². The molecule has 0 aromatic heterocycles. The van der Waals surface area contributed by atoms with Gasteiger partial charge in [0.25, 0.3) is 0 Å². The van der Waals surface area contributed by atoms with Crippen LogP contribution in [-0.2, 0) is 0 Å². The molecule has 0 radical (unpaired) electrons. The Balaban J connectivity index is 2.51. The molecule has 1 rings (SSSR count). The van der Waals surface area contributed by atoms with Crippen LogP contribution >= 0.6 is 0 Å². The maximum atomic E-state index is 11.7. The van der Waals surface area contributed by atoms with Gasteiger partial charge in [0.15, 0.2) is 0 Å². The van der Waals surface area contributed by atoms with Crippen molar-refractivity contribution in [2.24, 2.45) is 0 Å². The van der Waals surface area contributed by atoms with Crippen LogP contribution in [0.25, 0.3) is 0 Å². The predicted octanol–water partition coefficient (Wildman–Crippen LogP) is 3.28. The molecule has 0 fully saturated rings. The van der Waals surface area contributed by atoms with Crippen molar-refractivity contribution in [3.8, 4) is 0 Å². The van der Waals surface area contributed by atoms with Crippen molar-refractivity contribution in [2.45, 2.75) is 45.7 Å². The number of hydrogen-bond donors (Lipinski definition) is 3. The summed E-state index contributed by atoms with van der Waals surface area (Å²) in [4.78, 5) is 11.7. The standard InChI is InChI=1S/C15H25N3O/c1-5-6-11(2)17-15(19)18-14-9-7-13(8-10-14)12(3)16-4/h7-12,16H,5-6H2,1-4H3,(H2,17,18,19). The van der Waals surface area contributed by atoms with E-state index in [1.165, 1.54) is 5.56 Å². The van der Waals surface area contributed by atoms with Crippen molar-refractivity contribution < 1.29 is 4.79 Å². The number of urea groups is 1. The largest absolute Gasteiger partial charge is 0.335 e. The Morgan fingerprint density at radius 3 is 2.37 bits per heavy atom. The molecule has 0 spiro atoms. The number of nitrogens with one attached hydrogen (secondary N) is 3. The first-order valence-electron chi connectivity index (χ1n) is 6.91. The van der Waals surface area contributed by atoms with E-state index in [4.69, 9.17) is 0 Å². The Bertz CT molecular complexity index is 389. The van der Waals surface area contributed by atoms with Gasteiger partial charge in [-0.3, -0.25) is 0 Å². The first-order valence-corrected chi connectivity index (χ1v) is 6.91. The third-order valence-electron chi connectivity index (χ3n) is 3.20. The van der Waals surface area contributed by atoms with Crippen LogP contribution in [0, 0.1) is 0 Å². The number of benzene rings is 1. The number of hydrogen-bond acceptors (Lipinski definition) is 2. The van der Waals surface area contributed by atoms with Gasteiger partial charge < -0.3 is 16.0 Å². The highest BCUT2D eigenvalue weighted by Gasteiger charge is 2.07. The summed E-state index contributed by atoms with van der Waals surface area (Å²) in [6.45, 7) is 6.22. The average molecular weight is 263 g/mol. The number of amides is 2. The molecule has 0 aliphatic carbocycles. The fourth-order valence-corrected chi connectivity index (χ4v) is 1.92. The lowest BCUT2D eigenvalue weighted by molar-refractivity contribution is 0.248. The molecule has 0 bridgehead atoms. The highest BCUT2D eigenvalue weighted by Crippen LogP contribution is 2.15. The van der Waals surface area contributed by atoms with Crippen molar-refractivity contribution >= 4 is 11.7 Å². The quantitative estimate of drug-likeness (QED) is 0.737. The zero-order valence-corrected chi connectivity index (χ0v) is 12.3. The smallest absolute Gasteiger partial charge is 0.319 e. The second-order valence-electron chi connectivity index (χ2n) is 4.92. The van der Waals surface area contributed by atoms with E-state index in [0.717, 1.165) is 18.5 Å². The van der Waals surface area contributed by atoms with E-state index in [2.05, 4.69) is 29.8 Å². The molecule has 0 saturated heterocycles. The maximum absolute atomic E-state index is 11.7. The van der Waals surface area contributed by atoms with Gasteiger partial charge in [-0.1, -0.05) is 25.5 Å². The monoisotopic (exact) mass is 263 g/mol. The molecule has 0 heterocycles.